The molecule has 2 aliphatic rings. The largest absolute Gasteiger partial charge is 0.378 e. The van der Waals surface area contributed by atoms with Crippen molar-refractivity contribution in [3.63, 3.8) is 0 Å². The average Bonchev–Trinajstić information content (AvgIpc) is 3.38. The van der Waals surface area contributed by atoms with Crippen LogP contribution in [0.25, 0.3) is 10.9 Å². The minimum atomic E-state index is -0.0783. The normalized spacial score (nSPS) is 16.9. The summed E-state index contributed by atoms with van der Waals surface area (Å²) in [5.41, 5.74) is 2.15. The van der Waals surface area contributed by atoms with Crippen molar-refractivity contribution in [1.29, 1.82) is 0 Å². The Labute approximate surface area is 211 Å². The van der Waals surface area contributed by atoms with E-state index >= 15 is 0 Å². The molecule has 3 aromatic heterocycles. The number of aromatic nitrogens is 3. The topological polar surface area (TPSA) is 103 Å². The molecule has 190 valence electrons. The summed E-state index contributed by atoms with van der Waals surface area (Å²) in [6.45, 7) is 5.35. The van der Waals surface area contributed by atoms with Crippen LogP contribution in [0.15, 0.2) is 42.9 Å². The maximum Gasteiger partial charge on any atom is 0.267 e. The maximum absolute atomic E-state index is 12.9. The van der Waals surface area contributed by atoms with Crippen LogP contribution < -0.4 is 10.2 Å². The molecule has 0 bridgehead atoms. The number of hydrogen-bond donors (Lipinski definition) is 2. The van der Waals surface area contributed by atoms with Gasteiger partial charge in [0.25, 0.3) is 11.8 Å². The van der Waals surface area contributed by atoms with Gasteiger partial charge in [-0.15, -0.1) is 0 Å². The van der Waals surface area contributed by atoms with Gasteiger partial charge in [-0.1, -0.05) is 12.8 Å². The Morgan fingerprint density at radius 2 is 1.89 bits per heavy atom. The van der Waals surface area contributed by atoms with Crippen LogP contribution in [0.3, 0.4) is 0 Å². The number of hydrogen-bond acceptors (Lipinski definition) is 6. The molecule has 0 atom stereocenters. The number of piperidine rings is 1. The molecule has 0 aromatic carbocycles. The van der Waals surface area contributed by atoms with Gasteiger partial charge in [-0.2, -0.15) is 0 Å². The predicted molar refractivity (Wildman–Crippen MR) is 138 cm³/mol. The van der Waals surface area contributed by atoms with E-state index in [-0.39, 0.29) is 11.8 Å². The summed E-state index contributed by atoms with van der Waals surface area (Å²) in [6.07, 6.45) is 10.4. The number of nitrogens with one attached hydrogen (secondary N) is 2. The molecular formula is C27H34N6O3. The fourth-order valence-electron chi connectivity index (χ4n) is 5.05. The monoisotopic (exact) mass is 490 g/mol. The number of unbranched alkanes of at least 4 members (excludes halogenated alkanes) is 1. The molecule has 0 saturated carbocycles. The van der Waals surface area contributed by atoms with Gasteiger partial charge in [0, 0.05) is 62.2 Å². The number of rotatable bonds is 8. The zero-order chi connectivity index (χ0) is 24.7. The molecule has 5 rings (SSSR count). The summed E-state index contributed by atoms with van der Waals surface area (Å²) in [5, 5.41) is 3.94. The van der Waals surface area contributed by atoms with Gasteiger partial charge < -0.3 is 24.8 Å². The number of morpholine rings is 1. The lowest BCUT2D eigenvalue weighted by Gasteiger charge is -2.32. The highest BCUT2D eigenvalue weighted by atomic mass is 16.5. The number of amides is 2. The third kappa shape index (κ3) is 5.84. The molecular weight excluding hydrogens is 456 g/mol. The molecule has 5 heterocycles. The van der Waals surface area contributed by atoms with Crippen molar-refractivity contribution < 1.29 is 14.3 Å². The molecule has 9 heteroatoms. The number of anilines is 1. The minimum absolute atomic E-state index is 0.0740. The Bertz CT molecular complexity index is 1130. The van der Waals surface area contributed by atoms with Crippen LogP contribution in [-0.4, -0.2) is 77.6 Å². The summed E-state index contributed by atoms with van der Waals surface area (Å²) in [6, 6.07) is 7.54. The second-order valence-electron chi connectivity index (χ2n) is 9.64. The van der Waals surface area contributed by atoms with E-state index in [0.717, 1.165) is 88.2 Å². The number of H-pyrrole nitrogens is 1. The fourth-order valence-corrected chi connectivity index (χ4v) is 5.05. The van der Waals surface area contributed by atoms with E-state index in [4.69, 9.17) is 4.74 Å². The van der Waals surface area contributed by atoms with Crippen molar-refractivity contribution in [2.75, 3.05) is 50.8 Å². The standard InChI is InChI=1S/C27H34N6O3/c34-26(24-17-22-18-28-10-6-23(22)31-24)29-9-2-1-3-20-7-11-33(12-8-20)27(35)21-4-5-25(30-19-21)32-13-15-36-16-14-32/h4-6,10,17-20,31H,1-3,7-9,11-16H2,(H,29,34). The van der Waals surface area contributed by atoms with Crippen molar-refractivity contribution in [2.24, 2.45) is 5.92 Å². The first-order chi connectivity index (χ1) is 17.7. The van der Waals surface area contributed by atoms with Gasteiger partial charge in [-0.25, -0.2) is 4.98 Å². The second-order valence-corrected chi connectivity index (χ2v) is 9.64. The number of likely N-dealkylation sites (tertiary alicyclic amines) is 1. The smallest absolute Gasteiger partial charge is 0.267 e. The summed E-state index contributed by atoms with van der Waals surface area (Å²) in [4.78, 5) is 41.2. The second kappa shape index (κ2) is 11.5. The number of fused-ring (bicyclic) bond motifs is 1. The lowest BCUT2D eigenvalue weighted by Crippen LogP contribution is -2.39. The molecule has 2 saturated heterocycles. The van der Waals surface area contributed by atoms with Crippen LogP contribution in [0.5, 0.6) is 0 Å². The highest BCUT2D eigenvalue weighted by Crippen LogP contribution is 2.24. The quantitative estimate of drug-likeness (QED) is 0.470. The molecule has 9 nitrogen and oxygen atoms in total. The molecule has 3 aromatic rings. The predicted octanol–water partition coefficient (Wildman–Crippen LogP) is 3.25. The Kier molecular flexibility index (Phi) is 7.76. The van der Waals surface area contributed by atoms with E-state index in [1.54, 1.807) is 18.6 Å². The van der Waals surface area contributed by atoms with Crippen molar-refractivity contribution in [1.82, 2.24) is 25.2 Å². The number of pyridine rings is 2. The third-order valence-corrected chi connectivity index (χ3v) is 7.22. The van der Waals surface area contributed by atoms with E-state index in [9.17, 15) is 9.59 Å². The first kappa shape index (κ1) is 24.2. The minimum Gasteiger partial charge on any atom is -0.378 e. The zero-order valence-electron chi connectivity index (χ0n) is 20.6. The van der Waals surface area contributed by atoms with Crippen molar-refractivity contribution in [3.8, 4) is 0 Å². The van der Waals surface area contributed by atoms with Crippen molar-refractivity contribution >= 4 is 28.5 Å². The van der Waals surface area contributed by atoms with Crippen LogP contribution in [0.4, 0.5) is 5.82 Å². The van der Waals surface area contributed by atoms with Crippen LogP contribution in [0, 0.1) is 5.92 Å². The number of carbonyl (C=O) groups excluding carboxylic acids is 2. The first-order valence-corrected chi connectivity index (χ1v) is 13.0. The Morgan fingerprint density at radius 3 is 2.64 bits per heavy atom. The van der Waals surface area contributed by atoms with Crippen LogP contribution in [0.2, 0.25) is 0 Å². The SMILES string of the molecule is O=C(NCCCCC1CCN(C(=O)c2ccc(N3CCOCC3)nc2)CC1)c1cc2cnccc2[nH]1. The van der Waals surface area contributed by atoms with E-state index < -0.39 is 0 Å². The van der Waals surface area contributed by atoms with Crippen LogP contribution in [0.1, 0.15) is 53.0 Å². The molecule has 2 amide bonds. The molecule has 0 spiro atoms. The van der Waals surface area contributed by atoms with Gasteiger partial charge in [-0.3, -0.25) is 14.6 Å². The highest BCUT2D eigenvalue weighted by molar-refractivity contribution is 5.97. The van der Waals surface area contributed by atoms with E-state index in [1.165, 1.54) is 0 Å². The average molecular weight is 491 g/mol. The Balaban J connectivity index is 0.991. The molecule has 0 aliphatic carbocycles. The number of aromatic amines is 1. The van der Waals surface area contributed by atoms with E-state index in [1.807, 2.05) is 29.2 Å². The number of ether oxygens (including phenoxy) is 1. The lowest BCUT2D eigenvalue weighted by molar-refractivity contribution is 0.0685. The fraction of sp³-hybridized carbons (Fsp3) is 0.481. The Hall–Kier alpha value is -3.46. The van der Waals surface area contributed by atoms with E-state index in [2.05, 4.69) is 25.2 Å². The molecule has 2 fully saturated rings. The van der Waals surface area contributed by atoms with Crippen molar-refractivity contribution in [3.05, 3.63) is 54.1 Å². The van der Waals surface area contributed by atoms with Gasteiger partial charge in [0.2, 0.25) is 0 Å². The van der Waals surface area contributed by atoms with Crippen molar-refractivity contribution in [2.45, 2.75) is 32.1 Å². The van der Waals surface area contributed by atoms with Gasteiger partial charge in [0.15, 0.2) is 0 Å². The summed E-state index contributed by atoms with van der Waals surface area (Å²) in [7, 11) is 0. The first-order valence-electron chi connectivity index (χ1n) is 13.0. The Morgan fingerprint density at radius 1 is 1.06 bits per heavy atom. The summed E-state index contributed by atoms with van der Waals surface area (Å²) >= 11 is 0. The molecule has 2 aliphatic heterocycles. The van der Waals surface area contributed by atoms with Gasteiger partial charge in [0.05, 0.1) is 18.8 Å². The van der Waals surface area contributed by atoms with Gasteiger partial charge >= 0.3 is 0 Å². The van der Waals surface area contributed by atoms with Gasteiger partial charge in [0.1, 0.15) is 11.5 Å². The third-order valence-electron chi connectivity index (χ3n) is 7.22. The maximum atomic E-state index is 12.9. The summed E-state index contributed by atoms with van der Waals surface area (Å²) < 4.78 is 5.39. The lowest BCUT2D eigenvalue weighted by atomic mass is 9.91. The molecule has 0 radical (unpaired) electrons. The van der Waals surface area contributed by atoms with E-state index in [0.29, 0.717) is 23.7 Å². The van der Waals surface area contributed by atoms with Crippen LogP contribution >= 0.6 is 0 Å². The molecule has 2 N–H and O–H groups in total. The number of carbonyl (C=O) groups is 2. The highest BCUT2D eigenvalue weighted by Gasteiger charge is 2.24. The molecule has 0 unspecified atom stereocenters. The van der Waals surface area contributed by atoms with Crippen LogP contribution in [-0.2, 0) is 4.74 Å². The summed E-state index contributed by atoms with van der Waals surface area (Å²) in [5.74, 6) is 1.53. The van der Waals surface area contributed by atoms with Gasteiger partial charge in [-0.05, 0) is 49.4 Å². The molecule has 36 heavy (non-hydrogen) atoms. The number of nitrogens with zero attached hydrogens (tertiary/aromatic N) is 4. The zero-order valence-corrected chi connectivity index (χ0v) is 20.6.